The molecule has 0 aliphatic rings. The minimum absolute atomic E-state index is 0.507. The molecular formula is C23H22O3. The van der Waals surface area contributed by atoms with E-state index in [4.69, 9.17) is 9.47 Å². The van der Waals surface area contributed by atoms with Gasteiger partial charge in [-0.3, -0.25) is 0 Å². The predicted octanol–water partition coefficient (Wildman–Crippen LogP) is 5.34. The van der Waals surface area contributed by atoms with Gasteiger partial charge in [0.25, 0.3) is 0 Å². The van der Waals surface area contributed by atoms with E-state index in [1.807, 2.05) is 42.5 Å². The summed E-state index contributed by atoms with van der Waals surface area (Å²) in [5, 5.41) is 2.36. The van der Waals surface area contributed by atoms with Gasteiger partial charge in [0.05, 0.1) is 13.7 Å². The van der Waals surface area contributed by atoms with Gasteiger partial charge in [-0.05, 0) is 47.0 Å². The fraction of sp³-hybridized carbons (Fsp3) is 0.174. The summed E-state index contributed by atoms with van der Waals surface area (Å²) in [5.74, 6) is 1.62. The lowest BCUT2D eigenvalue weighted by Gasteiger charge is -2.12. The van der Waals surface area contributed by atoms with Crippen LogP contribution in [0.5, 0.6) is 5.75 Å². The Morgan fingerprint density at radius 1 is 0.962 bits per heavy atom. The zero-order valence-corrected chi connectivity index (χ0v) is 14.9. The fourth-order valence-corrected chi connectivity index (χ4v) is 2.75. The molecule has 3 aromatic rings. The molecule has 3 heteroatoms. The van der Waals surface area contributed by atoms with E-state index < -0.39 is 0 Å². The molecule has 3 aromatic carbocycles. The number of hydrogen-bond acceptors (Lipinski definition) is 3. The normalized spacial score (nSPS) is 11.3. The van der Waals surface area contributed by atoms with Crippen LogP contribution in [-0.4, -0.2) is 20.0 Å². The Bertz CT molecular complexity index is 895. The van der Waals surface area contributed by atoms with Gasteiger partial charge in [-0.15, -0.1) is 0 Å². The van der Waals surface area contributed by atoms with Crippen LogP contribution >= 0.6 is 0 Å². The number of aldehydes is 1. The van der Waals surface area contributed by atoms with Crippen molar-refractivity contribution in [1.29, 1.82) is 0 Å². The molecule has 0 bridgehead atoms. The molecule has 26 heavy (non-hydrogen) atoms. The van der Waals surface area contributed by atoms with Crippen molar-refractivity contribution in [2.75, 3.05) is 13.7 Å². The molecule has 0 heterocycles. The van der Waals surface area contributed by atoms with Crippen LogP contribution in [0.1, 0.15) is 24.0 Å². The van der Waals surface area contributed by atoms with Crippen LogP contribution in [0.2, 0.25) is 0 Å². The highest BCUT2D eigenvalue weighted by Crippen LogP contribution is 2.25. The van der Waals surface area contributed by atoms with E-state index in [9.17, 15) is 4.79 Å². The molecule has 0 fully saturated rings. The summed E-state index contributed by atoms with van der Waals surface area (Å²) in [4.78, 5) is 10.5. The second-order valence-electron chi connectivity index (χ2n) is 6.00. The van der Waals surface area contributed by atoms with Crippen LogP contribution < -0.4 is 4.74 Å². The monoisotopic (exact) mass is 346 g/mol. The van der Waals surface area contributed by atoms with E-state index in [-0.39, 0.29) is 0 Å². The molecule has 0 radical (unpaired) electrons. The zero-order chi connectivity index (χ0) is 18.2. The summed E-state index contributed by atoms with van der Waals surface area (Å²) < 4.78 is 11.2. The summed E-state index contributed by atoms with van der Waals surface area (Å²) in [6, 6.07) is 22.4. The van der Waals surface area contributed by atoms with Crippen molar-refractivity contribution in [3.63, 3.8) is 0 Å². The Morgan fingerprint density at radius 2 is 1.73 bits per heavy atom. The molecule has 0 N–H and O–H groups in total. The number of carbonyl (C=O) groups excluding carboxylic acids is 1. The van der Waals surface area contributed by atoms with Crippen LogP contribution in [0, 0.1) is 0 Å². The molecule has 0 saturated heterocycles. The number of carbonyl (C=O) groups is 1. The average Bonchev–Trinajstić information content (AvgIpc) is 2.70. The molecule has 0 unspecified atom stereocenters. The number of benzene rings is 3. The Morgan fingerprint density at radius 3 is 2.46 bits per heavy atom. The van der Waals surface area contributed by atoms with Gasteiger partial charge in [0.2, 0.25) is 0 Å². The predicted molar refractivity (Wildman–Crippen MR) is 106 cm³/mol. The van der Waals surface area contributed by atoms with Crippen molar-refractivity contribution in [2.45, 2.75) is 12.8 Å². The standard InChI is InChI=1S/C23H22O3/c1-25-22-12-8-18(9-13-22)16-23(26-15-5-4-14-24)21-11-10-19-6-2-3-7-20(19)17-21/h2-3,6-14,16-17H,4-5,15H2,1H3/b23-16+. The molecule has 0 amide bonds. The number of rotatable bonds is 8. The first kappa shape index (κ1) is 17.7. The van der Waals surface area contributed by atoms with Gasteiger partial charge in [0.15, 0.2) is 0 Å². The first-order chi connectivity index (χ1) is 12.8. The number of unbranched alkanes of at least 4 members (excludes halogenated alkanes) is 1. The lowest BCUT2D eigenvalue weighted by molar-refractivity contribution is -0.108. The van der Waals surface area contributed by atoms with Crippen molar-refractivity contribution < 1.29 is 14.3 Å². The number of ether oxygens (including phenoxy) is 2. The molecule has 0 aliphatic carbocycles. The van der Waals surface area contributed by atoms with Gasteiger partial charge in [0, 0.05) is 12.0 Å². The van der Waals surface area contributed by atoms with Crippen LogP contribution in [0.15, 0.2) is 66.7 Å². The second-order valence-corrected chi connectivity index (χ2v) is 6.00. The maximum Gasteiger partial charge on any atom is 0.127 e. The third-order valence-corrected chi connectivity index (χ3v) is 4.17. The van der Waals surface area contributed by atoms with Gasteiger partial charge in [-0.2, -0.15) is 0 Å². The summed E-state index contributed by atoms with van der Waals surface area (Å²) >= 11 is 0. The van der Waals surface area contributed by atoms with Crippen molar-refractivity contribution in [2.24, 2.45) is 0 Å². The third-order valence-electron chi connectivity index (χ3n) is 4.17. The van der Waals surface area contributed by atoms with Crippen molar-refractivity contribution >= 4 is 28.9 Å². The Balaban J connectivity index is 1.92. The maximum atomic E-state index is 10.5. The van der Waals surface area contributed by atoms with Crippen molar-refractivity contribution in [1.82, 2.24) is 0 Å². The Labute approximate surface area is 153 Å². The molecule has 0 spiro atoms. The minimum atomic E-state index is 0.507. The van der Waals surface area contributed by atoms with E-state index in [1.54, 1.807) is 7.11 Å². The molecule has 3 rings (SSSR count). The zero-order valence-electron chi connectivity index (χ0n) is 14.9. The average molecular weight is 346 g/mol. The Kier molecular flexibility index (Phi) is 6.05. The van der Waals surface area contributed by atoms with Crippen LogP contribution in [-0.2, 0) is 9.53 Å². The topological polar surface area (TPSA) is 35.5 Å². The number of fused-ring (bicyclic) bond motifs is 1. The molecule has 3 nitrogen and oxygen atoms in total. The number of hydrogen-bond donors (Lipinski definition) is 0. The lowest BCUT2D eigenvalue weighted by Crippen LogP contribution is -1.96. The van der Waals surface area contributed by atoms with Gasteiger partial charge in [-0.25, -0.2) is 0 Å². The lowest BCUT2D eigenvalue weighted by atomic mass is 10.0. The first-order valence-corrected chi connectivity index (χ1v) is 8.71. The highest BCUT2D eigenvalue weighted by Gasteiger charge is 2.06. The van der Waals surface area contributed by atoms with E-state index in [2.05, 4.69) is 30.3 Å². The van der Waals surface area contributed by atoms with Crippen LogP contribution in [0.25, 0.3) is 22.6 Å². The van der Waals surface area contributed by atoms with E-state index in [1.165, 1.54) is 10.8 Å². The maximum absolute atomic E-state index is 10.5. The highest BCUT2D eigenvalue weighted by atomic mass is 16.5. The smallest absolute Gasteiger partial charge is 0.127 e. The second kappa shape index (κ2) is 8.86. The summed E-state index contributed by atoms with van der Waals surface area (Å²) in [5.41, 5.74) is 2.05. The summed E-state index contributed by atoms with van der Waals surface area (Å²) in [6.07, 6.45) is 4.15. The molecule has 0 aliphatic heterocycles. The molecule has 0 atom stereocenters. The third kappa shape index (κ3) is 4.51. The molecule has 0 aromatic heterocycles. The van der Waals surface area contributed by atoms with E-state index >= 15 is 0 Å². The van der Waals surface area contributed by atoms with Crippen LogP contribution in [0.3, 0.4) is 0 Å². The van der Waals surface area contributed by atoms with Crippen LogP contribution in [0.4, 0.5) is 0 Å². The number of methoxy groups -OCH3 is 1. The quantitative estimate of drug-likeness (QED) is 0.239. The highest BCUT2D eigenvalue weighted by molar-refractivity contribution is 5.88. The molecule has 0 saturated carbocycles. The molecular weight excluding hydrogens is 324 g/mol. The summed E-state index contributed by atoms with van der Waals surface area (Å²) in [7, 11) is 1.65. The minimum Gasteiger partial charge on any atom is -0.497 e. The summed E-state index contributed by atoms with van der Waals surface area (Å²) in [6.45, 7) is 0.507. The molecule has 132 valence electrons. The Hall–Kier alpha value is -3.07. The largest absolute Gasteiger partial charge is 0.497 e. The van der Waals surface area contributed by atoms with Crippen molar-refractivity contribution in [3.8, 4) is 5.75 Å². The first-order valence-electron chi connectivity index (χ1n) is 8.71. The van der Waals surface area contributed by atoms with E-state index in [0.717, 1.165) is 28.9 Å². The van der Waals surface area contributed by atoms with Gasteiger partial charge < -0.3 is 14.3 Å². The van der Waals surface area contributed by atoms with Gasteiger partial charge in [0.1, 0.15) is 17.8 Å². The SMILES string of the molecule is COc1ccc(/C=C(/OCCCC=O)c2ccc3ccccc3c2)cc1. The van der Waals surface area contributed by atoms with E-state index in [0.29, 0.717) is 19.4 Å². The van der Waals surface area contributed by atoms with Gasteiger partial charge in [-0.1, -0.05) is 48.5 Å². The fourth-order valence-electron chi connectivity index (χ4n) is 2.75. The van der Waals surface area contributed by atoms with Gasteiger partial charge >= 0.3 is 0 Å². The van der Waals surface area contributed by atoms with Crippen molar-refractivity contribution in [3.05, 3.63) is 77.9 Å².